The van der Waals surface area contributed by atoms with Gasteiger partial charge in [-0.1, -0.05) is 13.8 Å². The SMILES string of the molecule is C#CC1(n2cnc3c(N)nc(N)nc32)CCC(COC)O1.CC(C)C=O. The lowest BCUT2D eigenvalue weighted by atomic mass is 10.1. The van der Waals surface area contributed by atoms with Crippen molar-refractivity contribution in [3.05, 3.63) is 6.33 Å². The number of imidazole rings is 1. The first-order chi connectivity index (χ1) is 12.4. The maximum Gasteiger partial charge on any atom is 0.224 e. The summed E-state index contributed by atoms with van der Waals surface area (Å²) in [6, 6.07) is 0. The Kier molecular flexibility index (Phi) is 6.13. The van der Waals surface area contributed by atoms with E-state index in [0.717, 1.165) is 12.7 Å². The Hall–Kier alpha value is -2.70. The molecule has 26 heavy (non-hydrogen) atoms. The molecule has 1 saturated heterocycles. The van der Waals surface area contributed by atoms with Crippen LogP contribution in [0.5, 0.6) is 0 Å². The Balaban J connectivity index is 0.000000431. The maximum absolute atomic E-state index is 9.50. The van der Waals surface area contributed by atoms with Gasteiger partial charge in [0.25, 0.3) is 0 Å². The minimum Gasteiger partial charge on any atom is -0.382 e. The number of hydrogen-bond acceptors (Lipinski definition) is 8. The number of methoxy groups -OCH3 is 1. The van der Waals surface area contributed by atoms with Crippen molar-refractivity contribution in [1.29, 1.82) is 0 Å². The fourth-order valence-electron chi connectivity index (χ4n) is 2.61. The van der Waals surface area contributed by atoms with E-state index in [2.05, 4.69) is 20.9 Å². The molecule has 1 fully saturated rings. The van der Waals surface area contributed by atoms with Crippen LogP contribution in [0.15, 0.2) is 6.33 Å². The van der Waals surface area contributed by atoms with E-state index in [1.54, 1.807) is 18.0 Å². The third kappa shape index (κ3) is 3.92. The standard InChI is InChI=1S/C13H16N6O2.C4H8O/c1-3-13(5-4-8(21-13)6-20-2)19-7-16-9-10(14)17-12(15)18-11(9)19;1-4(2)3-5/h1,7-8H,4-6H2,2H3,(H4,14,15,17,18);3-4H,1-2H3. The average molecular weight is 360 g/mol. The van der Waals surface area contributed by atoms with Crippen molar-refractivity contribution in [2.75, 3.05) is 25.2 Å². The fraction of sp³-hybridized carbons (Fsp3) is 0.529. The summed E-state index contributed by atoms with van der Waals surface area (Å²) in [5.74, 6) is 3.19. The van der Waals surface area contributed by atoms with Crippen molar-refractivity contribution >= 4 is 29.2 Å². The number of anilines is 2. The second kappa shape index (κ2) is 8.12. The molecule has 0 bridgehead atoms. The molecule has 0 aliphatic carbocycles. The molecule has 0 aromatic carbocycles. The van der Waals surface area contributed by atoms with Gasteiger partial charge >= 0.3 is 0 Å². The van der Waals surface area contributed by atoms with Gasteiger partial charge in [-0.05, 0) is 12.3 Å². The zero-order chi connectivity index (χ0) is 19.3. The molecular weight excluding hydrogens is 336 g/mol. The van der Waals surface area contributed by atoms with Crippen LogP contribution in [0, 0.1) is 18.3 Å². The monoisotopic (exact) mass is 360 g/mol. The topological polar surface area (TPSA) is 131 Å². The Bertz CT molecular complexity index is 813. The van der Waals surface area contributed by atoms with Gasteiger partial charge < -0.3 is 25.7 Å². The number of carbonyl (C=O) groups is 1. The van der Waals surface area contributed by atoms with Crippen LogP contribution in [0.2, 0.25) is 0 Å². The lowest BCUT2D eigenvalue weighted by Gasteiger charge is -2.25. The molecular formula is C17H24N6O3. The number of carbonyl (C=O) groups excluding carboxylic acids is 1. The van der Waals surface area contributed by atoms with Crippen molar-refractivity contribution in [1.82, 2.24) is 19.5 Å². The normalized spacial score (nSPS) is 22.0. The summed E-state index contributed by atoms with van der Waals surface area (Å²) < 4.78 is 12.8. The first-order valence-corrected chi connectivity index (χ1v) is 8.23. The number of aldehydes is 1. The molecule has 140 valence electrons. The van der Waals surface area contributed by atoms with E-state index < -0.39 is 5.72 Å². The number of aromatic nitrogens is 4. The number of nitrogens with two attached hydrogens (primary N) is 2. The largest absolute Gasteiger partial charge is 0.382 e. The molecule has 9 heteroatoms. The third-order valence-corrected chi connectivity index (χ3v) is 3.85. The van der Waals surface area contributed by atoms with Gasteiger partial charge in [-0.25, -0.2) is 4.98 Å². The molecule has 0 saturated carbocycles. The number of fused-ring (bicyclic) bond motifs is 1. The minimum absolute atomic E-state index is 0.0694. The van der Waals surface area contributed by atoms with Gasteiger partial charge in [0.1, 0.15) is 18.1 Å². The van der Waals surface area contributed by atoms with E-state index in [4.69, 9.17) is 27.4 Å². The molecule has 3 heterocycles. The minimum atomic E-state index is -0.953. The fourth-order valence-corrected chi connectivity index (χ4v) is 2.61. The molecule has 4 N–H and O–H groups in total. The summed E-state index contributed by atoms with van der Waals surface area (Å²) in [6.07, 6.45) is 9.54. The van der Waals surface area contributed by atoms with Crippen LogP contribution in [0.3, 0.4) is 0 Å². The summed E-state index contributed by atoms with van der Waals surface area (Å²) in [5.41, 5.74) is 11.4. The highest BCUT2D eigenvalue weighted by Crippen LogP contribution is 2.36. The van der Waals surface area contributed by atoms with Gasteiger partial charge in [-0.15, -0.1) is 6.42 Å². The Morgan fingerprint density at radius 2 is 2.23 bits per heavy atom. The molecule has 2 unspecified atom stereocenters. The van der Waals surface area contributed by atoms with E-state index in [1.165, 1.54) is 0 Å². The predicted octanol–water partition coefficient (Wildman–Crippen LogP) is 0.943. The summed E-state index contributed by atoms with van der Waals surface area (Å²) in [6.45, 7) is 4.19. The average Bonchev–Trinajstić information content (AvgIpc) is 3.21. The van der Waals surface area contributed by atoms with Gasteiger partial charge in [0.2, 0.25) is 11.7 Å². The van der Waals surface area contributed by atoms with Crippen molar-refractivity contribution in [3.63, 3.8) is 0 Å². The highest BCUT2D eigenvalue weighted by atomic mass is 16.6. The van der Waals surface area contributed by atoms with Crippen LogP contribution in [-0.4, -0.2) is 45.6 Å². The quantitative estimate of drug-likeness (QED) is 0.608. The lowest BCUT2D eigenvalue weighted by Crippen LogP contribution is -2.32. The lowest BCUT2D eigenvalue weighted by molar-refractivity contribution is -0.110. The molecule has 1 aliphatic heterocycles. The highest BCUT2D eigenvalue weighted by Gasteiger charge is 2.41. The summed E-state index contributed by atoms with van der Waals surface area (Å²) >= 11 is 0. The van der Waals surface area contributed by atoms with Crippen LogP contribution in [-0.2, 0) is 20.0 Å². The number of rotatable bonds is 4. The van der Waals surface area contributed by atoms with Crippen molar-refractivity contribution in [2.45, 2.75) is 38.5 Å². The van der Waals surface area contributed by atoms with Crippen LogP contribution in [0.1, 0.15) is 26.7 Å². The smallest absolute Gasteiger partial charge is 0.224 e. The first kappa shape index (κ1) is 19.6. The van der Waals surface area contributed by atoms with Gasteiger partial charge in [0.05, 0.1) is 12.7 Å². The number of hydrogen-bond donors (Lipinski definition) is 2. The maximum atomic E-state index is 9.50. The van der Waals surface area contributed by atoms with Crippen LogP contribution < -0.4 is 11.5 Å². The first-order valence-electron chi connectivity index (χ1n) is 8.23. The van der Waals surface area contributed by atoms with Crippen LogP contribution >= 0.6 is 0 Å². The predicted molar refractivity (Wildman–Crippen MR) is 97.8 cm³/mol. The van der Waals surface area contributed by atoms with E-state index in [0.29, 0.717) is 24.2 Å². The third-order valence-electron chi connectivity index (χ3n) is 3.85. The Morgan fingerprint density at radius 1 is 1.54 bits per heavy atom. The zero-order valence-corrected chi connectivity index (χ0v) is 15.2. The molecule has 2 atom stereocenters. The second-order valence-corrected chi connectivity index (χ2v) is 6.30. The molecule has 0 radical (unpaired) electrons. The molecule has 3 rings (SSSR count). The molecule has 2 aromatic heterocycles. The van der Waals surface area contributed by atoms with Crippen molar-refractivity contribution < 1.29 is 14.3 Å². The summed E-state index contributed by atoms with van der Waals surface area (Å²) in [5, 5.41) is 0. The summed E-state index contributed by atoms with van der Waals surface area (Å²) in [4.78, 5) is 21.8. The van der Waals surface area contributed by atoms with E-state index in [-0.39, 0.29) is 23.8 Å². The van der Waals surface area contributed by atoms with Crippen molar-refractivity contribution in [3.8, 4) is 12.3 Å². The molecule has 1 aliphatic rings. The van der Waals surface area contributed by atoms with Gasteiger partial charge in [0.15, 0.2) is 11.5 Å². The van der Waals surface area contributed by atoms with Crippen LogP contribution in [0.4, 0.5) is 11.8 Å². The zero-order valence-electron chi connectivity index (χ0n) is 15.2. The van der Waals surface area contributed by atoms with E-state index in [9.17, 15) is 4.79 Å². The van der Waals surface area contributed by atoms with Gasteiger partial charge in [-0.2, -0.15) is 9.97 Å². The van der Waals surface area contributed by atoms with Crippen LogP contribution in [0.25, 0.3) is 11.2 Å². The van der Waals surface area contributed by atoms with Gasteiger partial charge in [-0.3, -0.25) is 4.57 Å². The van der Waals surface area contributed by atoms with E-state index >= 15 is 0 Å². The molecule has 0 amide bonds. The summed E-state index contributed by atoms with van der Waals surface area (Å²) in [7, 11) is 1.63. The van der Waals surface area contributed by atoms with Gasteiger partial charge in [0, 0.05) is 19.4 Å². The number of terminal acetylenes is 1. The second-order valence-electron chi connectivity index (χ2n) is 6.30. The molecule has 9 nitrogen and oxygen atoms in total. The molecule has 2 aromatic rings. The van der Waals surface area contributed by atoms with Crippen molar-refractivity contribution in [2.24, 2.45) is 5.92 Å². The Labute approximate surface area is 152 Å². The number of ether oxygens (including phenoxy) is 2. The highest BCUT2D eigenvalue weighted by molar-refractivity contribution is 5.83. The number of nitrogens with zero attached hydrogens (tertiary/aromatic N) is 4. The van der Waals surface area contributed by atoms with E-state index in [1.807, 2.05) is 13.8 Å². The molecule has 0 spiro atoms. The number of nitrogen functional groups attached to an aromatic ring is 2. The Morgan fingerprint density at radius 3 is 2.81 bits per heavy atom.